The summed E-state index contributed by atoms with van der Waals surface area (Å²) in [6, 6.07) is 5.15. The molecule has 1 aliphatic heterocycles. The van der Waals surface area contributed by atoms with Gasteiger partial charge >= 0.3 is 0 Å². The Kier molecular flexibility index (Phi) is 3.79. The fourth-order valence-corrected chi connectivity index (χ4v) is 2.21. The lowest BCUT2D eigenvalue weighted by molar-refractivity contribution is -0.119. The number of hydrogen-bond donors (Lipinski definition) is 0. The normalized spacial score (nSPS) is 14.6. The second-order valence-electron chi connectivity index (χ2n) is 3.81. The number of anilines is 1. The summed E-state index contributed by atoms with van der Waals surface area (Å²) in [6.45, 7) is 0.187. The fraction of sp³-hybridized carbons (Fsp3) is 0.333. The number of carbonyl (C=O) groups excluding carboxylic acids is 2. The van der Waals surface area contributed by atoms with Gasteiger partial charge in [-0.2, -0.15) is 0 Å². The highest BCUT2D eigenvalue weighted by Crippen LogP contribution is 2.31. The predicted octanol–water partition coefficient (Wildman–Crippen LogP) is 1.60. The van der Waals surface area contributed by atoms with Crippen LogP contribution in [-0.4, -0.2) is 38.7 Å². The third kappa shape index (κ3) is 2.19. The summed E-state index contributed by atoms with van der Waals surface area (Å²) in [5.41, 5.74) is 0.993. The number of amides is 1. The lowest BCUT2D eigenvalue weighted by atomic mass is 10.1. The Morgan fingerprint density at radius 3 is 2.56 bits per heavy atom. The van der Waals surface area contributed by atoms with E-state index in [1.807, 2.05) is 0 Å². The third-order valence-electron chi connectivity index (χ3n) is 2.79. The van der Waals surface area contributed by atoms with Gasteiger partial charge in [-0.1, -0.05) is 15.9 Å². The van der Waals surface area contributed by atoms with Crippen molar-refractivity contribution in [3.05, 3.63) is 28.2 Å². The molecule has 0 saturated carbocycles. The molecule has 0 aliphatic carbocycles. The number of Topliss-reactive ketones (excluding diaryl/α,β-unsaturated/α-hetero) is 1. The summed E-state index contributed by atoms with van der Waals surface area (Å²) in [6.07, 6.45) is -0.559. The van der Waals surface area contributed by atoms with Crippen molar-refractivity contribution < 1.29 is 19.1 Å². The van der Waals surface area contributed by atoms with Crippen molar-refractivity contribution in [1.29, 1.82) is 0 Å². The van der Waals surface area contributed by atoms with Gasteiger partial charge in [-0.3, -0.25) is 14.5 Å². The van der Waals surface area contributed by atoms with E-state index in [2.05, 4.69) is 15.9 Å². The second-order valence-corrected chi connectivity index (χ2v) is 4.72. The summed E-state index contributed by atoms with van der Waals surface area (Å²) >= 11 is 3.28. The van der Waals surface area contributed by atoms with Crippen LogP contribution in [0.1, 0.15) is 10.4 Å². The molecule has 2 rings (SSSR count). The van der Waals surface area contributed by atoms with Gasteiger partial charge in [0.05, 0.1) is 17.8 Å². The minimum Gasteiger partial charge on any atom is -0.354 e. The van der Waals surface area contributed by atoms with Gasteiger partial charge in [-0.15, -0.1) is 0 Å². The van der Waals surface area contributed by atoms with Gasteiger partial charge in [-0.05, 0) is 18.2 Å². The standard InChI is InChI=1S/C12H12BrNO4/c1-17-10(18-2)6-14-9-4-3-7(13)5-8(9)11(15)12(14)16/h3-5,10H,6H2,1-2H3. The Balaban J connectivity index is 2.34. The van der Waals surface area contributed by atoms with Crippen molar-refractivity contribution in [3.63, 3.8) is 0 Å². The van der Waals surface area contributed by atoms with Crippen LogP contribution in [0.15, 0.2) is 22.7 Å². The number of fused-ring (bicyclic) bond motifs is 1. The monoisotopic (exact) mass is 313 g/mol. The number of nitrogens with zero attached hydrogens (tertiary/aromatic N) is 1. The van der Waals surface area contributed by atoms with Crippen LogP contribution < -0.4 is 4.90 Å². The summed E-state index contributed by atoms with van der Waals surface area (Å²) < 4.78 is 10.9. The molecule has 6 heteroatoms. The molecule has 1 heterocycles. The zero-order valence-electron chi connectivity index (χ0n) is 9.97. The molecule has 0 aromatic heterocycles. The van der Waals surface area contributed by atoms with Crippen molar-refractivity contribution >= 4 is 33.3 Å². The number of methoxy groups -OCH3 is 2. The second kappa shape index (κ2) is 5.17. The first-order chi connectivity index (χ1) is 8.58. The van der Waals surface area contributed by atoms with Crippen LogP contribution in [0, 0.1) is 0 Å². The average molecular weight is 314 g/mol. The molecule has 5 nitrogen and oxygen atoms in total. The van der Waals surface area contributed by atoms with Crippen molar-refractivity contribution in [2.24, 2.45) is 0 Å². The molecule has 0 spiro atoms. The zero-order valence-corrected chi connectivity index (χ0v) is 11.6. The Bertz CT molecular complexity index is 499. The number of rotatable bonds is 4. The predicted molar refractivity (Wildman–Crippen MR) is 68.6 cm³/mol. The van der Waals surface area contributed by atoms with Crippen LogP contribution in [0.4, 0.5) is 5.69 Å². The highest BCUT2D eigenvalue weighted by atomic mass is 79.9. The highest BCUT2D eigenvalue weighted by molar-refractivity contribution is 9.10. The van der Waals surface area contributed by atoms with E-state index in [4.69, 9.17) is 9.47 Å². The third-order valence-corrected chi connectivity index (χ3v) is 3.28. The molecule has 0 N–H and O–H groups in total. The number of ether oxygens (including phenoxy) is 2. The molecule has 0 atom stereocenters. The Hall–Kier alpha value is -1.24. The maximum Gasteiger partial charge on any atom is 0.299 e. The van der Waals surface area contributed by atoms with Crippen molar-refractivity contribution in [3.8, 4) is 0 Å². The van der Waals surface area contributed by atoms with Crippen molar-refractivity contribution in [2.45, 2.75) is 6.29 Å². The van der Waals surface area contributed by atoms with E-state index in [1.165, 1.54) is 19.1 Å². The number of ketones is 1. The molecule has 0 fully saturated rings. The number of carbonyl (C=O) groups is 2. The zero-order chi connectivity index (χ0) is 13.3. The van der Waals surface area contributed by atoms with E-state index in [9.17, 15) is 9.59 Å². The molecule has 0 radical (unpaired) electrons. The molecule has 18 heavy (non-hydrogen) atoms. The van der Waals surface area contributed by atoms with Crippen LogP contribution >= 0.6 is 15.9 Å². The molecule has 0 unspecified atom stereocenters. The summed E-state index contributed by atoms with van der Waals surface area (Å²) in [5, 5.41) is 0. The first kappa shape index (κ1) is 13.2. The maximum atomic E-state index is 11.9. The van der Waals surface area contributed by atoms with Crippen LogP contribution in [0.5, 0.6) is 0 Å². The van der Waals surface area contributed by atoms with Gasteiger partial charge in [0.25, 0.3) is 11.7 Å². The van der Waals surface area contributed by atoms with Crippen LogP contribution in [0.25, 0.3) is 0 Å². The number of hydrogen-bond acceptors (Lipinski definition) is 4. The molecular formula is C12H12BrNO4. The van der Waals surface area contributed by atoms with Gasteiger partial charge in [-0.25, -0.2) is 0 Å². The highest BCUT2D eigenvalue weighted by Gasteiger charge is 2.37. The smallest absolute Gasteiger partial charge is 0.299 e. The molecule has 96 valence electrons. The van der Waals surface area contributed by atoms with Crippen LogP contribution in [0.3, 0.4) is 0 Å². The minimum absolute atomic E-state index is 0.187. The van der Waals surface area contributed by atoms with E-state index in [1.54, 1.807) is 18.2 Å². The first-order valence-electron chi connectivity index (χ1n) is 5.29. The van der Waals surface area contributed by atoms with Crippen LogP contribution in [-0.2, 0) is 14.3 Å². The molecular weight excluding hydrogens is 302 g/mol. The average Bonchev–Trinajstić information content (AvgIpc) is 2.60. The molecule has 0 saturated heterocycles. The Labute approximate surface area is 113 Å². The van der Waals surface area contributed by atoms with E-state index in [0.717, 1.165) is 4.47 Å². The molecule has 1 aromatic rings. The van der Waals surface area contributed by atoms with Gasteiger partial charge in [0.2, 0.25) is 0 Å². The van der Waals surface area contributed by atoms with Gasteiger partial charge < -0.3 is 9.47 Å². The molecule has 1 amide bonds. The Morgan fingerprint density at radius 1 is 1.28 bits per heavy atom. The Morgan fingerprint density at radius 2 is 1.94 bits per heavy atom. The summed E-state index contributed by atoms with van der Waals surface area (Å²) in [5.74, 6) is -1.06. The van der Waals surface area contributed by atoms with Crippen LogP contribution in [0.2, 0.25) is 0 Å². The SMILES string of the molecule is COC(CN1C(=O)C(=O)c2cc(Br)ccc21)OC. The molecule has 0 bridgehead atoms. The number of benzene rings is 1. The molecule has 1 aliphatic rings. The number of halogens is 1. The minimum atomic E-state index is -0.559. The maximum absolute atomic E-state index is 11.9. The largest absolute Gasteiger partial charge is 0.354 e. The van der Waals surface area contributed by atoms with Gasteiger partial charge in [0.1, 0.15) is 0 Å². The van der Waals surface area contributed by atoms with E-state index < -0.39 is 18.0 Å². The lowest BCUT2D eigenvalue weighted by Crippen LogP contribution is -2.38. The van der Waals surface area contributed by atoms with E-state index in [-0.39, 0.29) is 6.54 Å². The quantitative estimate of drug-likeness (QED) is 0.626. The van der Waals surface area contributed by atoms with Crippen molar-refractivity contribution in [1.82, 2.24) is 0 Å². The van der Waals surface area contributed by atoms with Gasteiger partial charge in [0, 0.05) is 18.7 Å². The first-order valence-corrected chi connectivity index (χ1v) is 6.09. The summed E-state index contributed by atoms with van der Waals surface area (Å²) in [7, 11) is 2.97. The van der Waals surface area contributed by atoms with E-state index >= 15 is 0 Å². The van der Waals surface area contributed by atoms with Gasteiger partial charge in [0.15, 0.2) is 6.29 Å². The summed E-state index contributed by atoms with van der Waals surface area (Å²) in [4.78, 5) is 25.1. The fourth-order valence-electron chi connectivity index (χ4n) is 1.85. The van der Waals surface area contributed by atoms with Crippen molar-refractivity contribution in [2.75, 3.05) is 25.7 Å². The van der Waals surface area contributed by atoms with E-state index in [0.29, 0.717) is 11.3 Å². The lowest BCUT2D eigenvalue weighted by Gasteiger charge is -2.21. The molecule has 1 aromatic carbocycles. The topological polar surface area (TPSA) is 55.8 Å².